The maximum absolute atomic E-state index is 14.1. The predicted molar refractivity (Wildman–Crippen MR) is 145 cm³/mol. The molecule has 1 unspecified atom stereocenters. The van der Waals surface area contributed by atoms with Gasteiger partial charge in [-0.1, -0.05) is 65.4 Å². The number of rotatable bonds is 6. The third kappa shape index (κ3) is 4.68. The van der Waals surface area contributed by atoms with Crippen molar-refractivity contribution < 1.29 is 13.2 Å². The molecule has 36 heavy (non-hydrogen) atoms. The van der Waals surface area contributed by atoms with Crippen LogP contribution in [0.4, 0.5) is 5.13 Å². The molecule has 0 N–H and O–H groups in total. The predicted octanol–water partition coefficient (Wildman–Crippen LogP) is 5.61. The molecule has 2 heterocycles. The van der Waals surface area contributed by atoms with Gasteiger partial charge in [0.25, 0.3) is 0 Å². The van der Waals surface area contributed by atoms with E-state index >= 15 is 0 Å². The number of aryl methyl sites for hydroxylation is 3. The van der Waals surface area contributed by atoms with Crippen LogP contribution in [0, 0.1) is 20.8 Å². The van der Waals surface area contributed by atoms with Crippen LogP contribution in [0.3, 0.4) is 0 Å². The highest BCUT2D eigenvalue weighted by atomic mass is 32.2. The van der Waals surface area contributed by atoms with E-state index in [1.165, 1.54) is 15.6 Å². The van der Waals surface area contributed by atoms with Gasteiger partial charge in [-0.05, 0) is 68.5 Å². The van der Waals surface area contributed by atoms with Gasteiger partial charge in [0.2, 0.25) is 15.9 Å². The molecule has 0 radical (unpaired) electrons. The van der Waals surface area contributed by atoms with Crippen molar-refractivity contribution in [2.75, 3.05) is 11.4 Å². The number of fused-ring (bicyclic) bond motifs is 1. The molecule has 1 saturated heterocycles. The molecule has 0 bridgehead atoms. The number of carbonyl (C=O) groups excluding carboxylic acids is 1. The van der Waals surface area contributed by atoms with Crippen molar-refractivity contribution in [2.24, 2.45) is 0 Å². The van der Waals surface area contributed by atoms with Crippen molar-refractivity contribution in [3.8, 4) is 0 Å². The summed E-state index contributed by atoms with van der Waals surface area (Å²) in [4.78, 5) is 20.8. The van der Waals surface area contributed by atoms with E-state index in [0.717, 1.165) is 32.5 Å². The largest absolute Gasteiger partial charge is 0.282 e. The summed E-state index contributed by atoms with van der Waals surface area (Å²) in [5.74, 6) is -0.236. The topological polar surface area (TPSA) is 70.6 Å². The highest BCUT2D eigenvalue weighted by molar-refractivity contribution is 7.89. The van der Waals surface area contributed by atoms with Gasteiger partial charge >= 0.3 is 0 Å². The number of hydrogen-bond donors (Lipinski definition) is 0. The molecular weight excluding hydrogens is 490 g/mol. The van der Waals surface area contributed by atoms with Crippen LogP contribution in [-0.2, 0) is 21.4 Å². The number of carbonyl (C=O) groups is 1. The lowest BCUT2D eigenvalue weighted by molar-refractivity contribution is -0.121. The van der Waals surface area contributed by atoms with Gasteiger partial charge in [-0.2, -0.15) is 4.31 Å². The lowest BCUT2D eigenvalue weighted by Gasteiger charge is -2.28. The van der Waals surface area contributed by atoms with Gasteiger partial charge in [-0.15, -0.1) is 0 Å². The highest BCUT2D eigenvalue weighted by Gasteiger charge is 2.42. The molecule has 3 aromatic carbocycles. The molecule has 6 nitrogen and oxygen atoms in total. The normalized spacial score (nSPS) is 16.5. The van der Waals surface area contributed by atoms with Crippen molar-refractivity contribution in [3.05, 3.63) is 89.0 Å². The summed E-state index contributed by atoms with van der Waals surface area (Å²) in [6.45, 7) is 6.64. The second kappa shape index (κ2) is 9.76. The number of nitrogens with zero attached hydrogens (tertiary/aromatic N) is 3. The van der Waals surface area contributed by atoms with Gasteiger partial charge in [0, 0.05) is 6.54 Å². The Bertz CT molecular complexity index is 1510. The zero-order chi connectivity index (χ0) is 25.4. The van der Waals surface area contributed by atoms with Crippen LogP contribution in [0.2, 0.25) is 0 Å². The summed E-state index contributed by atoms with van der Waals surface area (Å²) in [5, 5.41) is 0.590. The van der Waals surface area contributed by atoms with Crippen LogP contribution in [0.25, 0.3) is 10.2 Å². The summed E-state index contributed by atoms with van der Waals surface area (Å²) >= 11 is 1.47. The van der Waals surface area contributed by atoms with Gasteiger partial charge in [-0.3, -0.25) is 9.69 Å². The van der Waals surface area contributed by atoms with Crippen LogP contribution < -0.4 is 4.90 Å². The minimum atomic E-state index is -3.81. The maximum Gasteiger partial charge on any atom is 0.247 e. The van der Waals surface area contributed by atoms with Gasteiger partial charge < -0.3 is 0 Å². The zero-order valence-electron chi connectivity index (χ0n) is 20.6. The second-order valence-electron chi connectivity index (χ2n) is 9.42. The Hall–Kier alpha value is -3.07. The fourth-order valence-corrected chi connectivity index (χ4v) is 7.58. The van der Waals surface area contributed by atoms with Crippen molar-refractivity contribution in [3.63, 3.8) is 0 Å². The van der Waals surface area contributed by atoms with Crippen molar-refractivity contribution in [2.45, 2.75) is 51.1 Å². The summed E-state index contributed by atoms with van der Waals surface area (Å²) in [5.41, 5.74) is 5.02. The Morgan fingerprint density at radius 2 is 1.75 bits per heavy atom. The summed E-state index contributed by atoms with van der Waals surface area (Å²) < 4.78 is 29.5. The zero-order valence-corrected chi connectivity index (χ0v) is 22.3. The number of amides is 1. The Morgan fingerprint density at radius 3 is 2.47 bits per heavy atom. The average molecular weight is 520 g/mol. The minimum absolute atomic E-state index is 0.216. The first-order valence-electron chi connectivity index (χ1n) is 12.1. The van der Waals surface area contributed by atoms with E-state index in [1.807, 2.05) is 51.1 Å². The quantitative estimate of drug-likeness (QED) is 0.332. The van der Waals surface area contributed by atoms with Gasteiger partial charge in [0.15, 0.2) is 5.13 Å². The monoisotopic (exact) mass is 519 g/mol. The molecule has 5 rings (SSSR count). The highest BCUT2D eigenvalue weighted by Crippen LogP contribution is 2.35. The van der Waals surface area contributed by atoms with Crippen LogP contribution in [0.5, 0.6) is 0 Å². The van der Waals surface area contributed by atoms with Crippen LogP contribution in [0.15, 0.2) is 71.6 Å². The first-order valence-corrected chi connectivity index (χ1v) is 14.3. The molecule has 1 aromatic heterocycles. The molecule has 1 aliphatic heterocycles. The Kier molecular flexibility index (Phi) is 6.68. The number of anilines is 1. The SMILES string of the molecule is Cc1ccc(S(=O)(=O)N2CCCC2C(=O)N(Cc2ccccc2)c2nc3c(C)cc(C)cc3s2)cc1. The van der Waals surface area contributed by atoms with E-state index in [-0.39, 0.29) is 10.8 Å². The number of benzene rings is 3. The number of aromatic nitrogens is 1. The van der Waals surface area contributed by atoms with Crippen LogP contribution >= 0.6 is 11.3 Å². The first kappa shape index (κ1) is 24.6. The smallest absolute Gasteiger partial charge is 0.247 e. The van der Waals surface area contributed by atoms with Crippen LogP contribution in [0.1, 0.15) is 35.1 Å². The maximum atomic E-state index is 14.1. The lowest BCUT2D eigenvalue weighted by Crippen LogP contribution is -2.47. The second-order valence-corrected chi connectivity index (χ2v) is 12.3. The van der Waals surface area contributed by atoms with Gasteiger partial charge in [-0.25, -0.2) is 13.4 Å². The molecule has 1 atom stereocenters. The number of hydrogen-bond acceptors (Lipinski definition) is 5. The summed E-state index contributed by atoms with van der Waals surface area (Å²) in [7, 11) is -3.81. The van der Waals surface area contributed by atoms with E-state index < -0.39 is 16.1 Å². The Labute approximate surface area is 216 Å². The van der Waals surface area contributed by atoms with E-state index in [2.05, 4.69) is 12.1 Å². The molecule has 0 saturated carbocycles. The average Bonchev–Trinajstić information content (AvgIpc) is 3.51. The van der Waals surface area contributed by atoms with Gasteiger partial charge in [0.05, 0.1) is 21.7 Å². The fraction of sp³-hybridized carbons (Fsp3) is 0.286. The molecule has 1 fully saturated rings. The number of thiazole rings is 1. The molecule has 0 spiro atoms. The standard InChI is InChI=1S/C28H29N3O3S2/c1-19-11-13-23(14-12-19)36(33,34)31-15-7-10-24(31)27(32)30(18-22-8-5-4-6-9-22)28-29-26-21(3)16-20(2)17-25(26)35-28/h4-6,8-9,11-14,16-17,24H,7,10,15,18H2,1-3H3. The van der Waals surface area contributed by atoms with E-state index in [4.69, 9.17) is 4.98 Å². The van der Waals surface area contributed by atoms with Gasteiger partial charge in [0.1, 0.15) is 6.04 Å². The molecule has 1 amide bonds. The van der Waals surface area contributed by atoms with E-state index in [1.54, 1.807) is 29.2 Å². The molecule has 1 aliphatic rings. The Morgan fingerprint density at radius 1 is 1.03 bits per heavy atom. The minimum Gasteiger partial charge on any atom is -0.282 e. The van der Waals surface area contributed by atoms with Crippen LogP contribution in [-0.4, -0.2) is 36.2 Å². The molecule has 8 heteroatoms. The van der Waals surface area contributed by atoms with E-state index in [9.17, 15) is 13.2 Å². The number of sulfonamides is 1. The lowest BCUT2D eigenvalue weighted by atomic mass is 10.1. The molecule has 4 aromatic rings. The summed E-state index contributed by atoms with van der Waals surface area (Å²) in [6.07, 6.45) is 1.12. The fourth-order valence-electron chi connectivity index (χ4n) is 4.78. The third-order valence-corrected chi connectivity index (χ3v) is 9.56. The van der Waals surface area contributed by atoms with Crippen molar-refractivity contribution >= 4 is 42.6 Å². The molecule has 186 valence electrons. The third-order valence-electron chi connectivity index (χ3n) is 6.62. The Balaban J connectivity index is 1.54. The first-order chi connectivity index (χ1) is 17.2. The van der Waals surface area contributed by atoms with Crippen molar-refractivity contribution in [1.29, 1.82) is 0 Å². The summed E-state index contributed by atoms with van der Waals surface area (Å²) in [6, 6.07) is 20.0. The van der Waals surface area contributed by atoms with Crippen molar-refractivity contribution in [1.82, 2.24) is 9.29 Å². The molecular formula is C28H29N3O3S2. The molecule has 0 aliphatic carbocycles. The van der Waals surface area contributed by atoms with E-state index in [0.29, 0.717) is 31.1 Å².